The van der Waals surface area contributed by atoms with E-state index in [0.717, 1.165) is 11.6 Å². The fourth-order valence-electron chi connectivity index (χ4n) is 3.68. The third-order valence-corrected chi connectivity index (χ3v) is 5.21. The zero-order valence-electron chi connectivity index (χ0n) is 16.7. The maximum absolute atomic E-state index is 12.8. The Balaban J connectivity index is 1.42. The van der Waals surface area contributed by atoms with Gasteiger partial charge in [0.25, 0.3) is 5.56 Å². The number of nitrogens with one attached hydrogen (secondary N) is 1. The number of fused-ring (bicyclic) bond motifs is 1. The lowest BCUT2D eigenvalue weighted by Gasteiger charge is -2.20. The second-order valence-corrected chi connectivity index (χ2v) is 7.35. The normalized spacial score (nSPS) is 13.8. The maximum atomic E-state index is 12.8. The minimum absolute atomic E-state index is 0.0590. The molecule has 8 nitrogen and oxygen atoms in total. The van der Waals surface area contributed by atoms with E-state index >= 15 is 0 Å². The Hall–Kier alpha value is -3.29. The van der Waals surface area contributed by atoms with Crippen molar-refractivity contribution in [3.63, 3.8) is 0 Å². The van der Waals surface area contributed by atoms with Gasteiger partial charge in [0.15, 0.2) is 5.82 Å². The van der Waals surface area contributed by atoms with Gasteiger partial charge in [-0.25, -0.2) is 14.6 Å². The van der Waals surface area contributed by atoms with Crippen LogP contribution in [0.15, 0.2) is 35.1 Å². The molecule has 1 amide bonds. The maximum Gasteiger partial charge on any atom is 0.254 e. The highest BCUT2D eigenvalue weighted by Gasteiger charge is 2.22. The van der Waals surface area contributed by atoms with Crippen molar-refractivity contribution in [2.75, 3.05) is 13.1 Å². The van der Waals surface area contributed by atoms with Gasteiger partial charge < -0.3 is 9.88 Å². The Morgan fingerprint density at radius 3 is 2.66 bits per heavy atom. The van der Waals surface area contributed by atoms with Gasteiger partial charge in [-0.15, -0.1) is 0 Å². The molecule has 1 aliphatic heterocycles. The number of aromatic nitrogens is 5. The summed E-state index contributed by atoms with van der Waals surface area (Å²) in [4.78, 5) is 38.4. The molecule has 3 heterocycles. The van der Waals surface area contributed by atoms with E-state index in [2.05, 4.69) is 32.2 Å². The van der Waals surface area contributed by atoms with Gasteiger partial charge in [0.05, 0.1) is 13.0 Å². The molecule has 1 aliphatic rings. The average molecular weight is 392 g/mol. The van der Waals surface area contributed by atoms with E-state index in [1.165, 1.54) is 5.56 Å². The summed E-state index contributed by atoms with van der Waals surface area (Å²) in [5.41, 5.74) is 1.98. The first-order valence-corrected chi connectivity index (χ1v) is 9.80. The van der Waals surface area contributed by atoms with E-state index in [0.29, 0.717) is 49.6 Å². The van der Waals surface area contributed by atoms with Crippen LogP contribution in [0.2, 0.25) is 0 Å². The third kappa shape index (κ3) is 4.26. The third-order valence-electron chi connectivity index (χ3n) is 5.21. The van der Waals surface area contributed by atoms with E-state index in [1.807, 2.05) is 22.9 Å². The molecule has 2 aromatic heterocycles. The van der Waals surface area contributed by atoms with Crippen molar-refractivity contribution in [3.05, 3.63) is 75.0 Å². The van der Waals surface area contributed by atoms with Crippen LogP contribution in [0.5, 0.6) is 0 Å². The lowest BCUT2D eigenvalue weighted by molar-refractivity contribution is -0.130. The van der Waals surface area contributed by atoms with Crippen molar-refractivity contribution >= 4 is 5.91 Å². The van der Waals surface area contributed by atoms with Crippen LogP contribution in [0.4, 0.5) is 0 Å². The fourth-order valence-corrected chi connectivity index (χ4v) is 3.68. The summed E-state index contributed by atoms with van der Waals surface area (Å²) < 4.78 is 1.90. The summed E-state index contributed by atoms with van der Waals surface area (Å²) in [5.74, 6) is 2.19. The summed E-state index contributed by atoms with van der Waals surface area (Å²) in [6.45, 7) is 5.22. The number of H-pyrrole nitrogens is 1. The number of aromatic amines is 1. The first kappa shape index (κ1) is 19.0. The number of carbonyl (C=O) groups is 1. The minimum atomic E-state index is -0.238. The number of amides is 1. The van der Waals surface area contributed by atoms with E-state index in [1.54, 1.807) is 18.7 Å². The van der Waals surface area contributed by atoms with Crippen LogP contribution in [0, 0.1) is 13.8 Å². The summed E-state index contributed by atoms with van der Waals surface area (Å²) in [6.07, 6.45) is 1.41. The standard InChI is InChI=1S/C21H24N6O2/c1-14-17(21(29)23-15(2)22-14)13-20(28)26-9-8-19-24-18(25-27(19)11-10-26)12-16-6-4-3-5-7-16/h3-7H,8-13H2,1-2H3,(H,22,23,29). The number of hydrogen-bond acceptors (Lipinski definition) is 5. The predicted octanol–water partition coefficient (Wildman–Crippen LogP) is 1.20. The van der Waals surface area contributed by atoms with E-state index in [4.69, 9.17) is 0 Å². The van der Waals surface area contributed by atoms with E-state index in [-0.39, 0.29) is 17.9 Å². The van der Waals surface area contributed by atoms with Crippen molar-refractivity contribution in [1.82, 2.24) is 29.6 Å². The summed E-state index contributed by atoms with van der Waals surface area (Å²) >= 11 is 0. The van der Waals surface area contributed by atoms with Gasteiger partial charge >= 0.3 is 0 Å². The largest absolute Gasteiger partial charge is 0.340 e. The van der Waals surface area contributed by atoms with Gasteiger partial charge in [-0.05, 0) is 19.4 Å². The van der Waals surface area contributed by atoms with Crippen LogP contribution in [-0.2, 0) is 30.6 Å². The molecule has 150 valence electrons. The fraction of sp³-hybridized carbons (Fsp3) is 0.381. The quantitative estimate of drug-likeness (QED) is 0.720. The molecule has 0 spiro atoms. The van der Waals surface area contributed by atoms with Crippen molar-refractivity contribution in [2.45, 2.75) is 39.7 Å². The highest BCUT2D eigenvalue weighted by molar-refractivity contribution is 5.79. The topological polar surface area (TPSA) is 96.8 Å². The van der Waals surface area contributed by atoms with Crippen molar-refractivity contribution in [3.8, 4) is 0 Å². The summed E-state index contributed by atoms with van der Waals surface area (Å²) in [7, 11) is 0. The van der Waals surface area contributed by atoms with Crippen molar-refractivity contribution < 1.29 is 4.79 Å². The summed E-state index contributed by atoms with van der Waals surface area (Å²) in [6, 6.07) is 10.1. The SMILES string of the molecule is Cc1nc(C)c(CC(=O)N2CCc3nc(Cc4ccccc4)nn3CC2)c(=O)[nH]1. The smallest absolute Gasteiger partial charge is 0.254 e. The number of benzene rings is 1. The van der Waals surface area contributed by atoms with E-state index in [9.17, 15) is 9.59 Å². The lowest BCUT2D eigenvalue weighted by Crippen LogP contribution is -2.36. The molecular weight excluding hydrogens is 368 g/mol. The van der Waals surface area contributed by atoms with Crippen molar-refractivity contribution in [2.24, 2.45) is 0 Å². The molecule has 0 saturated heterocycles. The molecule has 1 N–H and O–H groups in total. The molecule has 8 heteroatoms. The van der Waals surface area contributed by atoms with Crippen LogP contribution in [0.1, 0.15) is 34.3 Å². The van der Waals surface area contributed by atoms with Gasteiger partial charge in [0.2, 0.25) is 5.91 Å². The van der Waals surface area contributed by atoms with Crippen LogP contribution in [0.3, 0.4) is 0 Å². The zero-order chi connectivity index (χ0) is 20.4. The molecule has 0 saturated carbocycles. The van der Waals surface area contributed by atoms with Crippen LogP contribution >= 0.6 is 0 Å². The first-order chi connectivity index (χ1) is 14.0. The Morgan fingerprint density at radius 1 is 1.10 bits per heavy atom. The van der Waals surface area contributed by atoms with Gasteiger partial charge in [0, 0.05) is 37.2 Å². The van der Waals surface area contributed by atoms with Gasteiger partial charge in [-0.3, -0.25) is 9.59 Å². The molecule has 0 atom stereocenters. The number of aryl methyl sites for hydroxylation is 2. The number of carbonyl (C=O) groups excluding carboxylic acids is 1. The second kappa shape index (κ2) is 7.98. The molecule has 1 aromatic carbocycles. The minimum Gasteiger partial charge on any atom is -0.340 e. The van der Waals surface area contributed by atoms with E-state index < -0.39 is 0 Å². The monoisotopic (exact) mass is 392 g/mol. The second-order valence-electron chi connectivity index (χ2n) is 7.35. The molecule has 0 fully saturated rings. The Morgan fingerprint density at radius 2 is 1.90 bits per heavy atom. The van der Waals surface area contributed by atoms with Crippen molar-refractivity contribution in [1.29, 1.82) is 0 Å². The Labute approximate surface area is 168 Å². The number of nitrogens with zero attached hydrogens (tertiary/aromatic N) is 5. The molecule has 4 rings (SSSR count). The Kier molecular flexibility index (Phi) is 5.24. The summed E-state index contributed by atoms with van der Waals surface area (Å²) in [5, 5.41) is 4.62. The zero-order valence-corrected chi connectivity index (χ0v) is 16.7. The predicted molar refractivity (Wildman–Crippen MR) is 108 cm³/mol. The Bertz CT molecular complexity index is 1060. The average Bonchev–Trinajstić information content (AvgIpc) is 2.96. The van der Waals surface area contributed by atoms with Gasteiger partial charge in [0.1, 0.15) is 11.6 Å². The van der Waals surface area contributed by atoms with Crippen LogP contribution < -0.4 is 5.56 Å². The van der Waals surface area contributed by atoms with Crippen LogP contribution in [-0.4, -0.2) is 48.6 Å². The highest BCUT2D eigenvalue weighted by Crippen LogP contribution is 2.12. The van der Waals surface area contributed by atoms with Gasteiger partial charge in [-0.1, -0.05) is 30.3 Å². The number of rotatable bonds is 4. The number of hydrogen-bond donors (Lipinski definition) is 1. The molecule has 0 radical (unpaired) electrons. The van der Waals surface area contributed by atoms with Gasteiger partial charge in [-0.2, -0.15) is 5.10 Å². The molecule has 0 unspecified atom stereocenters. The molecule has 29 heavy (non-hydrogen) atoms. The van der Waals surface area contributed by atoms with Crippen LogP contribution in [0.25, 0.3) is 0 Å². The first-order valence-electron chi connectivity index (χ1n) is 9.80. The molecule has 0 aliphatic carbocycles. The molecular formula is C21H24N6O2. The highest BCUT2D eigenvalue weighted by atomic mass is 16.2. The molecule has 0 bridgehead atoms. The molecule has 3 aromatic rings. The lowest BCUT2D eigenvalue weighted by atomic mass is 10.1.